The molecule has 0 aromatic heterocycles. The highest BCUT2D eigenvalue weighted by Gasteiger charge is 2.35. The zero-order valence-corrected chi connectivity index (χ0v) is 13.3. The largest absolute Gasteiger partial charge is 0.481 e. The van der Waals surface area contributed by atoms with E-state index >= 15 is 0 Å². The van der Waals surface area contributed by atoms with Gasteiger partial charge in [-0.05, 0) is 12.8 Å². The molecular weight excluding hydrogens is 300 g/mol. The van der Waals surface area contributed by atoms with Gasteiger partial charge in [-0.1, -0.05) is 0 Å². The minimum Gasteiger partial charge on any atom is -0.481 e. The van der Waals surface area contributed by atoms with Gasteiger partial charge in [0, 0.05) is 40.4 Å². The molecule has 0 spiro atoms. The number of carboxylic acid groups (broad SMARTS) is 1. The molecule has 1 aliphatic heterocycles. The first kappa shape index (κ1) is 18.3. The Kier molecular flexibility index (Phi) is 7.53. The molecule has 1 fully saturated rings. The summed E-state index contributed by atoms with van der Waals surface area (Å²) in [6.07, 6.45) is 1.07. The molecule has 8 nitrogen and oxygen atoms in total. The molecule has 0 amide bonds. The summed E-state index contributed by atoms with van der Waals surface area (Å²) in [5.41, 5.74) is 0. The van der Waals surface area contributed by atoms with E-state index in [4.69, 9.17) is 14.6 Å². The standard InChI is InChI=1S/C12H24N2O6S/c1-19-8-6-13(7-9-20-2)21(17,18)14-5-3-4-11(10-14)12(15)16/h11H,3-10H2,1-2H3,(H,15,16). The first-order valence-electron chi connectivity index (χ1n) is 6.89. The van der Waals surface area contributed by atoms with Crippen molar-refractivity contribution in [3.05, 3.63) is 0 Å². The molecule has 1 heterocycles. The van der Waals surface area contributed by atoms with Crippen LogP contribution in [-0.2, 0) is 24.5 Å². The Balaban J connectivity index is 2.80. The summed E-state index contributed by atoms with van der Waals surface area (Å²) >= 11 is 0. The Morgan fingerprint density at radius 2 is 1.86 bits per heavy atom. The number of carboxylic acids is 1. The number of piperidine rings is 1. The minimum atomic E-state index is -3.69. The van der Waals surface area contributed by atoms with E-state index in [2.05, 4.69) is 0 Å². The molecule has 124 valence electrons. The maximum atomic E-state index is 12.6. The van der Waals surface area contributed by atoms with E-state index in [1.165, 1.54) is 22.8 Å². The highest BCUT2D eigenvalue weighted by Crippen LogP contribution is 2.21. The van der Waals surface area contributed by atoms with Gasteiger partial charge in [0.2, 0.25) is 0 Å². The van der Waals surface area contributed by atoms with Crippen molar-refractivity contribution in [1.29, 1.82) is 0 Å². The molecule has 0 aromatic carbocycles. The van der Waals surface area contributed by atoms with Crippen LogP contribution < -0.4 is 0 Å². The summed E-state index contributed by atoms with van der Waals surface area (Å²) in [5, 5.41) is 9.07. The van der Waals surface area contributed by atoms with E-state index in [9.17, 15) is 13.2 Å². The maximum Gasteiger partial charge on any atom is 0.307 e. The maximum absolute atomic E-state index is 12.6. The third-order valence-corrected chi connectivity index (χ3v) is 5.48. The Bertz CT molecular complexity index is 419. The van der Waals surface area contributed by atoms with Crippen LogP contribution in [0.5, 0.6) is 0 Å². The molecule has 21 heavy (non-hydrogen) atoms. The monoisotopic (exact) mass is 324 g/mol. The number of aliphatic carboxylic acids is 1. The van der Waals surface area contributed by atoms with Gasteiger partial charge >= 0.3 is 5.97 Å². The predicted octanol–water partition coefficient (Wildman–Crippen LogP) is -0.377. The van der Waals surface area contributed by atoms with E-state index < -0.39 is 22.1 Å². The zero-order valence-electron chi connectivity index (χ0n) is 12.5. The third-order valence-electron chi connectivity index (χ3n) is 3.48. The van der Waals surface area contributed by atoms with Gasteiger partial charge < -0.3 is 14.6 Å². The van der Waals surface area contributed by atoms with E-state index in [1.807, 2.05) is 0 Å². The summed E-state index contributed by atoms with van der Waals surface area (Å²) in [6, 6.07) is 0. The lowest BCUT2D eigenvalue weighted by Gasteiger charge is -2.34. The lowest BCUT2D eigenvalue weighted by Crippen LogP contribution is -2.50. The Morgan fingerprint density at radius 3 is 2.33 bits per heavy atom. The van der Waals surface area contributed by atoms with E-state index in [-0.39, 0.29) is 32.8 Å². The summed E-state index contributed by atoms with van der Waals surface area (Å²) in [4.78, 5) is 11.1. The molecule has 0 aromatic rings. The fraction of sp³-hybridized carbons (Fsp3) is 0.917. The third kappa shape index (κ3) is 5.19. The average molecular weight is 324 g/mol. The molecule has 1 rings (SSSR count). The first-order valence-corrected chi connectivity index (χ1v) is 8.29. The smallest absolute Gasteiger partial charge is 0.307 e. The SMILES string of the molecule is COCCN(CCOC)S(=O)(=O)N1CCCC(C(=O)O)C1. The van der Waals surface area contributed by atoms with Gasteiger partial charge in [0.15, 0.2) is 0 Å². The number of hydrogen-bond donors (Lipinski definition) is 1. The van der Waals surface area contributed by atoms with Crippen LogP contribution in [0.1, 0.15) is 12.8 Å². The zero-order chi connectivity index (χ0) is 15.9. The quantitative estimate of drug-likeness (QED) is 0.621. The van der Waals surface area contributed by atoms with Gasteiger partial charge in [0.1, 0.15) is 0 Å². The molecule has 1 aliphatic rings. The minimum absolute atomic E-state index is 0.0220. The Morgan fingerprint density at radius 1 is 1.29 bits per heavy atom. The van der Waals surface area contributed by atoms with Crippen molar-refractivity contribution in [2.45, 2.75) is 12.8 Å². The van der Waals surface area contributed by atoms with Crippen LogP contribution in [0.2, 0.25) is 0 Å². The van der Waals surface area contributed by atoms with Gasteiger partial charge in [-0.2, -0.15) is 17.0 Å². The van der Waals surface area contributed by atoms with Crippen molar-refractivity contribution >= 4 is 16.2 Å². The lowest BCUT2D eigenvalue weighted by molar-refractivity contribution is -0.142. The molecule has 1 N–H and O–H groups in total. The van der Waals surface area contributed by atoms with Crippen molar-refractivity contribution in [3.63, 3.8) is 0 Å². The van der Waals surface area contributed by atoms with E-state index in [0.29, 0.717) is 19.4 Å². The highest BCUT2D eigenvalue weighted by atomic mass is 32.2. The number of ether oxygens (including phenoxy) is 2. The lowest BCUT2D eigenvalue weighted by atomic mass is 10.0. The van der Waals surface area contributed by atoms with Crippen LogP contribution in [0.3, 0.4) is 0 Å². The summed E-state index contributed by atoms with van der Waals surface area (Å²) < 4.78 is 37.6. The molecule has 1 saturated heterocycles. The van der Waals surface area contributed by atoms with Crippen molar-refractivity contribution in [1.82, 2.24) is 8.61 Å². The predicted molar refractivity (Wildman–Crippen MR) is 76.2 cm³/mol. The van der Waals surface area contributed by atoms with Gasteiger partial charge in [0.25, 0.3) is 10.2 Å². The van der Waals surface area contributed by atoms with Crippen molar-refractivity contribution in [2.75, 3.05) is 53.6 Å². The van der Waals surface area contributed by atoms with Gasteiger partial charge in [0.05, 0.1) is 19.1 Å². The second-order valence-corrected chi connectivity index (χ2v) is 6.86. The Labute approximate surface area is 125 Å². The number of carbonyl (C=O) groups is 1. The van der Waals surface area contributed by atoms with Gasteiger partial charge in [-0.3, -0.25) is 4.79 Å². The van der Waals surface area contributed by atoms with Gasteiger partial charge in [-0.25, -0.2) is 0 Å². The van der Waals surface area contributed by atoms with Crippen molar-refractivity contribution in [2.24, 2.45) is 5.92 Å². The topological polar surface area (TPSA) is 96.4 Å². The normalized spacial score (nSPS) is 20.8. The average Bonchev–Trinajstić information content (AvgIpc) is 2.47. The molecule has 0 radical (unpaired) electrons. The molecule has 9 heteroatoms. The van der Waals surface area contributed by atoms with Crippen LogP contribution in [-0.4, -0.2) is 81.7 Å². The second-order valence-electron chi connectivity index (χ2n) is 4.93. The number of hydrogen-bond acceptors (Lipinski definition) is 5. The van der Waals surface area contributed by atoms with Crippen LogP contribution in [0.4, 0.5) is 0 Å². The van der Waals surface area contributed by atoms with E-state index in [0.717, 1.165) is 0 Å². The molecule has 0 aliphatic carbocycles. The Hall–Kier alpha value is -0.740. The summed E-state index contributed by atoms with van der Waals surface area (Å²) in [5.74, 6) is -1.59. The molecule has 1 unspecified atom stereocenters. The molecule has 0 saturated carbocycles. The van der Waals surface area contributed by atoms with Crippen LogP contribution in [0, 0.1) is 5.92 Å². The summed E-state index contributed by atoms with van der Waals surface area (Å²) in [6.45, 7) is 1.36. The molecular formula is C12H24N2O6S. The van der Waals surface area contributed by atoms with Crippen LogP contribution in [0.15, 0.2) is 0 Å². The first-order chi connectivity index (χ1) is 9.93. The second kappa shape index (κ2) is 8.64. The fourth-order valence-corrected chi connectivity index (χ4v) is 3.91. The molecule has 0 bridgehead atoms. The highest BCUT2D eigenvalue weighted by molar-refractivity contribution is 7.86. The van der Waals surface area contributed by atoms with Crippen LogP contribution >= 0.6 is 0 Å². The number of methoxy groups -OCH3 is 2. The van der Waals surface area contributed by atoms with E-state index in [1.54, 1.807) is 0 Å². The van der Waals surface area contributed by atoms with Crippen molar-refractivity contribution in [3.8, 4) is 0 Å². The van der Waals surface area contributed by atoms with Crippen LogP contribution in [0.25, 0.3) is 0 Å². The number of rotatable bonds is 9. The number of nitrogens with zero attached hydrogens (tertiary/aromatic N) is 2. The summed E-state index contributed by atoms with van der Waals surface area (Å²) in [7, 11) is -0.687. The molecule has 1 atom stereocenters. The van der Waals surface area contributed by atoms with Crippen molar-refractivity contribution < 1.29 is 27.8 Å². The van der Waals surface area contributed by atoms with Gasteiger partial charge in [-0.15, -0.1) is 0 Å². The fourth-order valence-electron chi connectivity index (χ4n) is 2.25.